The number of benzene rings is 1. The van der Waals surface area contributed by atoms with Gasteiger partial charge in [-0.15, -0.1) is 0 Å². The molecule has 5 heteroatoms. The fourth-order valence-corrected chi connectivity index (χ4v) is 1.79. The molecule has 1 saturated carbocycles. The van der Waals surface area contributed by atoms with Crippen molar-refractivity contribution in [3.8, 4) is 17.2 Å². The normalized spacial score (nSPS) is 14.4. The summed E-state index contributed by atoms with van der Waals surface area (Å²) in [6.45, 7) is 0. The Morgan fingerprint density at radius 1 is 0.833 bits per heavy atom. The van der Waals surface area contributed by atoms with Crippen LogP contribution < -0.4 is 0 Å². The molecule has 1 aromatic carbocycles. The maximum Gasteiger partial charge on any atom is 0.335 e. The highest BCUT2D eigenvalue weighted by Crippen LogP contribution is 2.35. The lowest BCUT2D eigenvalue weighted by Crippen LogP contribution is -1.95. The van der Waals surface area contributed by atoms with Crippen LogP contribution in [0.15, 0.2) is 12.1 Å². The van der Waals surface area contributed by atoms with Crippen molar-refractivity contribution in [2.45, 2.75) is 38.5 Å². The predicted octanol–water partition coefficient (Wildman–Crippen LogP) is 2.84. The van der Waals surface area contributed by atoms with Crippen molar-refractivity contribution in [2.75, 3.05) is 0 Å². The Bertz CT molecular complexity index is 375. The third-order valence-electron chi connectivity index (χ3n) is 2.82. The number of phenolic OH excluding ortho intramolecular Hbond substituents is 3. The Hall–Kier alpha value is -1.91. The largest absolute Gasteiger partial charge is 0.504 e. The lowest BCUT2D eigenvalue weighted by atomic mass is 10.0. The Balaban J connectivity index is 0.000000225. The second-order valence-corrected chi connectivity index (χ2v) is 4.29. The van der Waals surface area contributed by atoms with Gasteiger partial charge in [0.2, 0.25) is 0 Å². The molecule has 5 nitrogen and oxygen atoms in total. The fraction of sp³-hybridized carbons (Fsp3) is 0.462. The van der Waals surface area contributed by atoms with Crippen molar-refractivity contribution in [2.24, 2.45) is 0 Å². The first-order chi connectivity index (χ1) is 8.52. The van der Waals surface area contributed by atoms with Crippen LogP contribution in [0.1, 0.15) is 48.9 Å². The second-order valence-electron chi connectivity index (χ2n) is 4.29. The molecule has 100 valence electrons. The van der Waals surface area contributed by atoms with Gasteiger partial charge in [0.25, 0.3) is 0 Å². The summed E-state index contributed by atoms with van der Waals surface area (Å²) in [5.74, 6) is -3.33. The van der Waals surface area contributed by atoms with Gasteiger partial charge in [0.05, 0.1) is 5.56 Å². The van der Waals surface area contributed by atoms with E-state index in [4.69, 9.17) is 20.4 Å². The van der Waals surface area contributed by atoms with E-state index < -0.39 is 23.2 Å². The van der Waals surface area contributed by atoms with Crippen LogP contribution in [0.5, 0.6) is 17.2 Å². The molecular weight excluding hydrogens is 236 g/mol. The highest BCUT2D eigenvalue weighted by molar-refractivity contribution is 5.89. The van der Waals surface area contributed by atoms with E-state index in [-0.39, 0.29) is 5.56 Å². The van der Waals surface area contributed by atoms with Gasteiger partial charge in [-0.05, 0) is 12.1 Å². The topological polar surface area (TPSA) is 98.0 Å². The zero-order valence-corrected chi connectivity index (χ0v) is 10.1. The van der Waals surface area contributed by atoms with E-state index >= 15 is 0 Å². The van der Waals surface area contributed by atoms with Crippen LogP contribution in [0.4, 0.5) is 0 Å². The highest BCUT2D eigenvalue weighted by atomic mass is 16.4. The van der Waals surface area contributed by atoms with Gasteiger partial charge < -0.3 is 20.4 Å². The van der Waals surface area contributed by atoms with Crippen molar-refractivity contribution in [1.82, 2.24) is 0 Å². The van der Waals surface area contributed by atoms with Crippen LogP contribution in [0.25, 0.3) is 0 Å². The minimum Gasteiger partial charge on any atom is -0.504 e. The van der Waals surface area contributed by atoms with Crippen LogP contribution in [0, 0.1) is 0 Å². The number of aromatic carboxylic acids is 1. The molecule has 0 amide bonds. The Morgan fingerprint density at radius 3 is 1.44 bits per heavy atom. The molecule has 18 heavy (non-hydrogen) atoms. The van der Waals surface area contributed by atoms with Gasteiger partial charge in [0.15, 0.2) is 17.2 Å². The lowest BCUT2D eigenvalue weighted by Gasteiger charge is -2.05. The van der Waals surface area contributed by atoms with Gasteiger partial charge in [-0.2, -0.15) is 0 Å². The van der Waals surface area contributed by atoms with E-state index in [1.165, 1.54) is 38.5 Å². The fourth-order valence-electron chi connectivity index (χ4n) is 1.79. The first-order valence-electron chi connectivity index (χ1n) is 6.00. The first-order valence-corrected chi connectivity index (χ1v) is 6.00. The average Bonchev–Trinajstić information content (AvgIpc) is 2.38. The smallest absolute Gasteiger partial charge is 0.335 e. The monoisotopic (exact) mass is 254 g/mol. The van der Waals surface area contributed by atoms with Crippen molar-refractivity contribution in [3.63, 3.8) is 0 Å². The number of hydrogen-bond acceptors (Lipinski definition) is 4. The minimum absolute atomic E-state index is 0.289. The third kappa shape index (κ3) is 4.16. The summed E-state index contributed by atoms with van der Waals surface area (Å²) in [6, 6.07) is 1.69. The highest BCUT2D eigenvalue weighted by Gasteiger charge is 2.11. The van der Waals surface area contributed by atoms with Crippen molar-refractivity contribution in [3.05, 3.63) is 17.7 Å². The summed E-state index contributed by atoms with van der Waals surface area (Å²) in [7, 11) is 0. The number of phenols is 3. The molecule has 0 aromatic heterocycles. The maximum atomic E-state index is 10.3. The minimum atomic E-state index is -1.29. The summed E-state index contributed by atoms with van der Waals surface area (Å²) in [4.78, 5) is 10.3. The number of aromatic hydroxyl groups is 3. The summed E-state index contributed by atoms with van der Waals surface area (Å²) >= 11 is 0. The Morgan fingerprint density at radius 2 is 1.17 bits per heavy atom. The molecule has 1 aromatic rings. The Kier molecular flexibility index (Phi) is 5.30. The first kappa shape index (κ1) is 14.2. The van der Waals surface area contributed by atoms with Gasteiger partial charge in [-0.25, -0.2) is 4.79 Å². The summed E-state index contributed by atoms with van der Waals surface area (Å²) in [5.41, 5.74) is -0.289. The zero-order chi connectivity index (χ0) is 13.5. The van der Waals surface area contributed by atoms with Crippen molar-refractivity contribution < 1.29 is 25.2 Å². The number of rotatable bonds is 1. The number of carbonyl (C=O) groups is 1. The lowest BCUT2D eigenvalue weighted by molar-refractivity contribution is 0.0696. The Labute approximate surface area is 105 Å². The van der Waals surface area contributed by atoms with Crippen molar-refractivity contribution in [1.29, 1.82) is 0 Å². The quantitative estimate of drug-likeness (QED) is 0.578. The number of carboxylic acids is 1. The van der Waals surface area contributed by atoms with Gasteiger partial charge >= 0.3 is 5.97 Å². The van der Waals surface area contributed by atoms with Crippen LogP contribution in [0.3, 0.4) is 0 Å². The van der Waals surface area contributed by atoms with E-state index in [9.17, 15) is 4.79 Å². The molecule has 0 heterocycles. The summed E-state index contributed by atoms with van der Waals surface area (Å²) < 4.78 is 0. The molecule has 0 atom stereocenters. The van der Waals surface area contributed by atoms with E-state index in [1.54, 1.807) is 0 Å². The molecule has 0 unspecified atom stereocenters. The maximum absolute atomic E-state index is 10.3. The number of carboxylic acid groups (broad SMARTS) is 1. The molecule has 1 aliphatic rings. The molecule has 1 fully saturated rings. The van der Waals surface area contributed by atoms with Gasteiger partial charge in [-0.3, -0.25) is 0 Å². The SMILES string of the molecule is C1CCCCC1.O=C(O)c1cc(O)c(O)c(O)c1. The van der Waals surface area contributed by atoms with Crippen LogP contribution in [-0.2, 0) is 0 Å². The zero-order valence-electron chi connectivity index (χ0n) is 10.1. The molecule has 0 spiro atoms. The average molecular weight is 254 g/mol. The van der Waals surface area contributed by atoms with E-state index in [0.717, 1.165) is 12.1 Å². The summed E-state index contributed by atoms with van der Waals surface area (Å²) in [5, 5.41) is 35.0. The van der Waals surface area contributed by atoms with E-state index in [0.29, 0.717) is 0 Å². The molecule has 0 bridgehead atoms. The predicted molar refractivity (Wildman–Crippen MR) is 66.1 cm³/mol. The third-order valence-corrected chi connectivity index (χ3v) is 2.82. The number of hydrogen-bond donors (Lipinski definition) is 4. The summed E-state index contributed by atoms with van der Waals surface area (Å²) in [6.07, 6.45) is 9.00. The molecular formula is C13H18O5. The van der Waals surface area contributed by atoms with Crippen LogP contribution >= 0.6 is 0 Å². The molecule has 4 N–H and O–H groups in total. The van der Waals surface area contributed by atoms with Gasteiger partial charge in [0.1, 0.15) is 0 Å². The molecule has 0 radical (unpaired) electrons. The van der Waals surface area contributed by atoms with Crippen LogP contribution in [0.2, 0.25) is 0 Å². The molecule has 1 aliphatic carbocycles. The molecule has 0 aliphatic heterocycles. The second kappa shape index (κ2) is 6.74. The standard InChI is InChI=1S/C7H6O5.C6H12/c8-4-1-3(7(11)12)2-5(9)6(4)10;1-2-4-6-5-3-1/h1-2,8-10H,(H,11,12);1-6H2. The van der Waals surface area contributed by atoms with E-state index in [1.807, 2.05) is 0 Å². The van der Waals surface area contributed by atoms with E-state index in [2.05, 4.69) is 0 Å². The van der Waals surface area contributed by atoms with Gasteiger partial charge in [-0.1, -0.05) is 38.5 Å². The van der Waals surface area contributed by atoms with Gasteiger partial charge in [0, 0.05) is 0 Å². The molecule has 2 rings (SSSR count). The van der Waals surface area contributed by atoms with Crippen LogP contribution in [-0.4, -0.2) is 26.4 Å². The molecule has 0 saturated heterocycles. The van der Waals surface area contributed by atoms with Crippen molar-refractivity contribution >= 4 is 5.97 Å².